The first-order valence-electron chi connectivity index (χ1n) is 7.50. The van der Waals surface area contributed by atoms with Gasteiger partial charge in [0.2, 0.25) is 5.91 Å². The van der Waals surface area contributed by atoms with Crippen molar-refractivity contribution < 1.29 is 14.5 Å². The highest BCUT2D eigenvalue weighted by Crippen LogP contribution is 2.26. The van der Waals surface area contributed by atoms with Crippen molar-refractivity contribution >= 4 is 29.3 Å². The van der Waals surface area contributed by atoms with Crippen molar-refractivity contribution in [2.45, 2.75) is 18.9 Å². The Labute approximate surface area is 137 Å². The van der Waals surface area contributed by atoms with Crippen LogP contribution in [0.4, 0.5) is 5.69 Å². The molecule has 0 bridgehead atoms. The molecule has 2 heterocycles. The molecule has 0 aliphatic carbocycles. The summed E-state index contributed by atoms with van der Waals surface area (Å²) >= 11 is 1.56. The third-order valence-corrected chi connectivity index (χ3v) is 5.18. The minimum atomic E-state index is -0.500. The highest BCUT2D eigenvalue weighted by Gasteiger charge is 2.38. The van der Waals surface area contributed by atoms with Crippen molar-refractivity contribution in [1.82, 2.24) is 9.80 Å². The third-order valence-electron chi connectivity index (χ3n) is 4.17. The van der Waals surface area contributed by atoms with Crippen LogP contribution >= 0.6 is 11.8 Å². The third kappa shape index (κ3) is 3.17. The van der Waals surface area contributed by atoms with Gasteiger partial charge in [-0.3, -0.25) is 19.7 Å². The lowest BCUT2D eigenvalue weighted by atomic mass is 10.1. The van der Waals surface area contributed by atoms with E-state index in [1.165, 1.54) is 24.3 Å². The number of hydrogen-bond acceptors (Lipinski definition) is 5. The summed E-state index contributed by atoms with van der Waals surface area (Å²) in [7, 11) is 0. The number of nitrogens with zero attached hydrogens (tertiary/aromatic N) is 3. The Balaban J connectivity index is 1.74. The maximum atomic E-state index is 12.6. The van der Waals surface area contributed by atoms with E-state index in [0.29, 0.717) is 17.2 Å². The maximum absolute atomic E-state index is 12.6. The predicted octanol–water partition coefficient (Wildman–Crippen LogP) is 1.73. The molecule has 0 spiro atoms. The molecule has 7 nitrogen and oxygen atoms in total. The molecule has 1 aromatic rings. The number of carbonyl (C=O) groups excluding carboxylic acids is 2. The van der Waals surface area contributed by atoms with Gasteiger partial charge in [-0.25, -0.2) is 0 Å². The topological polar surface area (TPSA) is 83.8 Å². The molecular weight excluding hydrogens is 318 g/mol. The van der Waals surface area contributed by atoms with E-state index in [1.807, 2.05) is 4.90 Å². The Bertz CT molecular complexity index is 628. The largest absolute Gasteiger partial charge is 0.341 e. The zero-order chi connectivity index (χ0) is 16.4. The highest BCUT2D eigenvalue weighted by molar-refractivity contribution is 7.99. The molecule has 1 aromatic carbocycles. The van der Waals surface area contributed by atoms with E-state index >= 15 is 0 Å². The van der Waals surface area contributed by atoms with Crippen molar-refractivity contribution in [3.63, 3.8) is 0 Å². The highest BCUT2D eigenvalue weighted by atomic mass is 32.2. The van der Waals surface area contributed by atoms with E-state index in [4.69, 9.17) is 0 Å². The number of likely N-dealkylation sites (tertiary alicyclic amines) is 1. The van der Waals surface area contributed by atoms with Crippen LogP contribution in [0.2, 0.25) is 0 Å². The molecule has 0 saturated carbocycles. The smallest absolute Gasteiger partial charge is 0.269 e. The summed E-state index contributed by atoms with van der Waals surface area (Å²) in [5.74, 6) is 0.846. The Morgan fingerprint density at radius 1 is 1.17 bits per heavy atom. The van der Waals surface area contributed by atoms with Gasteiger partial charge in [-0.05, 0) is 25.0 Å². The van der Waals surface area contributed by atoms with E-state index in [1.54, 1.807) is 16.7 Å². The van der Waals surface area contributed by atoms with Crippen LogP contribution in [0.3, 0.4) is 0 Å². The lowest BCUT2D eigenvalue weighted by Crippen LogP contribution is -2.48. The van der Waals surface area contributed by atoms with Crippen LogP contribution < -0.4 is 0 Å². The van der Waals surface area contributed by atoms with Gasteiger partial charge >= 0.3 is 0 Å². The molecule has 3 rings (SSSR count). The molecule has 23 heavy (non-hydrogen) atoms. The van der Waals surface area contributed by atoms with E-state index in [9.17, 15) is 19.7 Å². The van der Waals surface area contributed by atoms with Crippen LogP contribution in [0.5, 0.6) is 0 Å². The zero-order valence-corrected chi connectivity index (χ0v) is 13.3. The molecule has 2 aliphatic rings. The molecule has 8 heteroatoms. The van der Waals surface area contributed by atoms with Crippen molar-refractivity contribution in [2.75, 3.05) is 24.7 Å². The molecule has 2 amide bonds. The second-order valence-corrected chi connectivity index (χ2v) is 6.63. The SMILES string of the molecule is O=C(C1CSCN1C(=O)c1ccc([N+](=O)[O-])cc1)N1CCCC1. The summed E-state index contributed by atoms with van der Waals surface area (Å²) < 4.78 is 0. The summed E-state index contributed by atoms with van der Waals surface area (Å²) in [5.41, 5.74) is 0.319. The van der Waals surface area contributed by atoms with Crippen molar-refractivity contribution in [1.29, 1.82) is 0 Å². The van der Waals surface area contributed by atoms with Gasteiger partial charge in [0.15, 0.2) is 0 Å². The second kappa shape index (κ2) is 6.57. The van der Waals surface area contributed by atoms with Gasteiger partial charge in [0.25, 0.3) is 11.6 Å². The number of nitro benzene ring substituents is 1. The number of nitro groups is 1. The average Bonchev–Trinajstić information content (AvgIpc) is 3.25. The summed E-state index contributed by atoms with van der Waals surface area (Å²) in [5, 5.41) is 10.7. The molecule has 1 atom stereocenters. The van der Waals surface area contributed by atoms with Crippen molar-refractivity contribution in [2.24, 2.45) is 0 Å². The average molecular weight is 335 g/mol. The first kappa shape index (κ1) is 15.8. The van der Waals surface area contributed by atoms with Crippen LogP contribution in [0, 0.1) is 10.1 Å². The predicted molar refractivity (Wildman–Crippen MR) is 86.2 cm³/mol. The van der Waals surface area contributed by atoms with Gasteiger partial charge in [-0.15, -0.1) is 11.8 Å². The maximum Gasteiger partial charge on any atom is 0.269 e. The Morgan fingerprint density at radius 2 is 1.83 bits per heavy atom. The van der Waals surface area contributed by atoms with Crippen molar-refractivity contribution in [3.05, 3.63) is 39.9 Å². The Kier molecular flexibility index (Phi) is 4.51. The fraction of sp³-hybridized carbons (Fsp3) is 0.467. The molecule has 0 N–H and O–H groups in total. The summed E-state index contributed by atoms with van der Waals surface area (Å²) in [4.78, 5) is 38.8. The van der Waals surface area contributed by atoms with E-state index in [0.717, 1.165) is 25.9 Å². The van der Waals surface area contributed by atoms with Crippen LogP contribution in [0.1, 0.15) is 23.2 Å². The normalized spacial score (nSPS) is 20.8. The number of benzene rings is 1. The molecule has 2 saturated heterocycles. The number of rotatable bonds is 3. The van der Waals surface area contributed by atoms with E-state index < -0.39 is 11.0 Å². The van der Waals surface area contributed by atoms with Gasteiger partial charge < -0.3 is 9.80 Å². The number of hydrogen-bond donors (Lipinski definition) is 0. The molecule has 2 fully saturated rings. The minimum Gasteiger partial charge on any atom is -0.341 e. The first-order valence-corrected chi connectivity index (χ1v) is 8.65. The van der Waals surface area contributed by atoms with Crippen LogP contribution in [-0.4, -0.2) is 57.3 Å². The van der Waals surface area contributed by atoms with Crippen LogP contribution in [0.25, 0.3) is 0 Å². The first-order chi connectivity index (χ1) is 11.1. The van der Waals surface area contributed by atoms with Gasteiger partial charge in [-0.1, -0.05) is 0 Å². The second-order valence-electron chi connectivity index (χ2n) is 5.63. The van der Waals surface area contributed by atoms with E-state index in [-0.39, 0.29) is 17.5 Å². The van der Waals surface area contributed by atoms with Gasteiger partial charge in [0, 0.05) is 36.5 Å². The number of non-ortho nitro benzene ring substituents is 1. The molecule has 0 radical (unpaired) electrons. The van der Waals surface area contributed by atoms with Gasteiger partial charge in [0.05, 0.1) is 10.8 Å². The fourth-order valence-electron chi connectivity index (χ4n) is 2.89. The van der Waals surface area contributed by atoms with Crippen LogP contribution in [0.15, 0.2) is 24.3 Å². The van der Waals surface area contributed by atoms with Gasteiger partial charge in [-0.2, -0.15) is 0 Å². The minimum absolute atomic E-state index is 0.0164. The monoisotopic (exact) mass is 335 g/mol. The van der Waals surface area contributed by atoms with Crippen molar-refractivity contribution in [3.8, 4) is 0 Å². The standard InChI is InChI=1S/C15H17N3O4S/c19-14(11-3-5-12(6-4-11)18(21)22)17-10-23-9-13(17)15(20)16-7-1-2-8-16/h3-6,13H,1-2,7-10H2. The van der Waals surface area contributed by atoms with Crippen LogP contribution in [-0.2, 0) is 4.79 Å². The molecule has 122 valence electrons. The number of carbonyl (C=O) groups is 2. The summed E-state index contributed by atoms with van der Waals surface area (Å²) in [6.07, 6.45) is 2.03. The Morgan fingerprint density at radius 3 is 2.43 bits per heavy atom. The lowest BCUT2D eigenvalue weighted by Gasteiger charge is -2.27. The molecule has 1 unspecified atom stereocenters. The number of amides is 2. The summed E-state index contributed by atoms with van der Waals surface area (Å²) in [6, 6.07) is 5.09. The fourth-order valence-corrected chi connectivity index (χ4v) is 4.03. The Hall–Kier alpha value is -2.09. The van der Waals surface area contributed by atoms with E-state index in [2.05, 4.69) is 0 Å². The summed E-state index contributed by atoms with van der Waals surface area (Å²) in [6.45, 7) is 1.53. The molecule has 0 aromatic heterocycles. The van der Waals surface area contributed by atoms with Gasteiger partial charge in [0.1, 0.15) is 6.04 Å². The number of thioether (sulfide) groups is 1. The quantitative estimate of drug-likeness (QED) is 0.620. The molecule has 2 aliphatic heterocycles. The zero-order valence-electron chi connectivity index (χ0n) is 12.5. The molecular formula is C15H17N3O4S. The lowest BCUT2D eigenvalue weighted by molar-refractivity contribution is -0.384.